The zero-order valence-corrected chi connectivity index (χ0v) is 19.5. The maximum atomic E-state index is 12.4. The van der Waals surface area contributed by atoms with Gasteiger partial charge in [0.25, 0.3) is 0 Å². The first-order chi connectivity index (χ1) is 17.0. The van der Waals surface area contributed by atoms with Crippen molar-refractivity contribution in [3.8, 4) is 17.2 Å². The molecule has 0 aliphatic heterocycles. The standard InChI is InChI=1S/C23H20F3N3O6S/c1-2-21(30)20-13-19(11-12-27-20)34-17-7-3-15(4-8-17)14-28-22(31)29-16-5-9-18(10-6-16)35-36(32,33)23(24,25)26/h3-13H,2,14H2,1H3,(H2,28,29,31). The lowest BCUT2D eigenvalue weighted by Gasteiger charge is -2.11. The van der Waals surface area contributed by atoms with E-state index in [1.807, 2.05) is 0 Å². The molecule has 2 N–H and O–H groups in total. The van der Waals surface area contributed by atoms with Crippen LogP contribution < -0.4 is 19.6 Å². The molecule has 0 bridgehead atoms. The quantitative estimate of drug-likeness (QED) is 0.229. The molecule has 0 saturated carbocycles. The third-order valence-electron chi connectivity index (χ3n) is 4.55. The summed E-state index contributed by atoms with van der Waals surface area (Å²) in [6.45, 7) is 1.90. The number of rotatable bonds is 9. The van der Waals surface area contributed by atoms with Crippen molar-refractivity contribution in [3.63, 3.8) is 0 Å². The van der Waals surface area contributed by atoms with Gasteiger partial charge in [0, 0.05) is 30.9 Å². The molecular weight excluding hydrogens is 503 g/mol. The fourth-order valence-corrected chi connectivity index (χ4v) is 3.20. The van der Waals surface area contributed by atoms with Crippen LogP contribution in [0.2, 0.25) is 0 Å². The normalized spacial score (nSPS) is 11.4. The Morgan fingerprint density at radius 2 is 1.58 bits per heavy atom. The highest BCUT2D eigenvalue weighted by molar-refractivity contribution is 7.88. The smallest absolute Gasteiger partial charge is 0.457 e. The Bertz CT molecular complexity index is 1330. The van der Waals surface area contributed by atoms with Gasteiger partial charge in [-0.05, 0) is 48.0 Å². The fourth-order valence-electron chi connectivity index (χ4n) is 2.75. The molecule has 0 saturated heterocycles. The van der Waals surface area contributed by atoms with Gasteiger partial charge in [-0.15, -0.1) is 0 Å². The number of urea groups is 1. The number of ketones is 1. The Morgan fingerprint density at radius 1 is 0.944 bits per heavy atom. The molecule has 0 aliphatic rings. The van der Waals surface area contributed by atoms with Gasteiger partial charge in [0.05, 0.1) is 0 Å². The van der Waals surface area contributed by atoms with Crippen molar-refractivity contribution >= 4 is 27.6 Å². The largest absolute Gasteiger partial charge is 0.534 e. The number of nitrogens with zero attached hydrogens (tertiary/aromatic N) is 1. The van der Waals surface area contributed by atoms with E-state index in [0.29, 0.717) is 23.6 Å². The zero-order valence-electron chi connectivity index (χ0n) is 18.7. The van der Waals surface area contributed by atoms with Gasteiger partial charge in [-0.3, -0.25) is 9.78 Å². The Labute approximate surface area is 204 Å². The van der Waals surface area contributed by atoms with E-state index in [4.69, 9.17) is 4.74 Å². The summed E-state index contributed by atoms with van der Waals surface area (Å²) in [6.07, 6.45) is 1.82. The van der Waals surface area contributed by atoms with Gasteiger partial charge in [0.2, 0.25) is 0 Å². The zero-order chi connectivity index (χ0) is 26.3. The van der Waals surface area contributed by atoms with E-state index in [0.717, 1.165) is 17.7 Å². The maximum absolute atomic E-state index is 12.4. The topological polar surface area (TPSA) is 124 Å². The predicted octanol–water partition coefficient (Wildman–Crippen LogP) is 5.02. The van der Waals surface area contributed by atoms with Gasteiger partial charge in [-0.25, -0.2) is 4.79 Å². The highest BCUT2D eigenvalue weighted by Gasteiger charge is 2.48. The first-order valence-corrected chi connectivity index (χ1v) is 11.8. The van der Waals surface area contributed by atoms with Crippen LogP contribution in [0.25, 0.3) is 0 Å². The van der Waals surface area contributed by atoms with Crippen LogP contribution in [0.5, 0.6) is 17.2 Å². The Hall–Kier alpha value is -4.13. The van der Waals surface area contributed by atoms with Crippen LogP contribution in [-0.4, -0.2) is 30.7 Å². The van der Waals surface area contributed by atoms with E-state index in [-0.39, 0.29) is 18.0 Å². The van der Waals surface area contributed by atoms with Gasteiger partial charge >= 0.3 is 21.7 Å². The number of benzene rings is 2. The van der Waals surface area contributed by atoms with E-state index in [1.165, 1.54) is 18.3 Å². The van der Waals surface area contributed by atoms with Crippen molar-refractivity contribution in [2.45, 2.75) is 25.4 Å². The number of hydrogen-bond acceptors (Lipinski definition) is 7. The number of aromatic nitrogens is 1. The van der Waals surface area contributed by atoms with Crippen LogP contribution in [0.1, 0.15) is 29.4 Å². The van der Waals surface area contributed by atoms with Crippen molar-refractivity contribution in [2.75, 3.05) is 5.32 Å². The van der Waals surface area contributed by atoms with Gasteiger partial charge < -0.3 is 19.6 Å². The number of alkyl halides is 3. The lowest BCUT2D eigenvalue weighted by atomic mass is 10.2. The SMILES string of the molecule is CCC(=O)c1cc(Oc2ccc(CNC(=O)Nc3ccc(OS(=O)(=O)C(F)(F)F)cc3)cc2)ccn1. The summed E-state index contributed by atoms with van der Waals surface area (Å²) in [7, 11) is -5.78. The second-order valence-electron chi connectivity index (χ2n) is 7.21. The van der Waals surface area contributed by atoms with Crippen LogP contribution in [0.4, 0.5) is 23.7 Å². The highest BCUT2D eigenvalue weighted by Crippen LogP contribution is 2.27. The first kappa shape index (κ1) is 26.5. The summed E-state index contributed by atoms with van der Waals surface area (Å²) in [6, 6.07) is 13.7. The number of hydrogen-bond donors (Lipinski definition) is 2. The second kappa shape index (κ2) is 11.1. The monoisotopic (exact) mass is 523 g/mol. The number of anilines is 1. The molecule has 2 amide bonds. The van der Waals surface area contributed by atoms with Crippen molar-refractivity contribution in [3.05, 3.63) is 78.1 Å². The van der Waals surface area contributed by atoms with Crippen LogP contribution in [0.3, 0.4) is 0 Å². The summed E-state index contributed by atoms with van der Waals surface area (Å²) in [5.74, 6) is 0.318. The van der Waals surface area contributed by atoms with Gasteiger partial charge in [0.15, 0.2) is 5.78 Å². The summed E-state index contributed by atoms with van der Waals surface area (Å²) in [5.41, 5.74) is -4.29. The van der Waals surface area contributed by atoms with Crippen molar-refractivity contribution in [2.24, 2.45) is 0 Å². The van der Waals surface area contributed by atoms with E-state index >= 15 is 0 Å². The first-order valence-electron chi connectivity index (χ1n) is 10.4. The third-order valence-corrected chi connectivity index (χ3v) is 5.53. The lowest BCUT2D eigenvalue weighted by Crippen LogP contribution is -2.28. The van der Waals surface area contributed by atoms with Crippen LogP contribution >= 0.6 is 0 Å². The molecule has 190 valence electrons. The molecule has 1 aromatic heterocycles. The molecule has 3 aromatic rings. The molecule has 0 spiro atoms. The molecule has 0 aliphatic carbocycles. The summed E-state index contributed by atoms with van der Waals surface area (Å²) < 4.78 is 68.9. The van der Waals surface area contributed by atoms with E-state index in [1.54, 1.807) is 43.3 Å². The molecule has 9 nitrogen and oxygen atoms in total. The van der Waals surface area contributed by atoms with Gasteiger partial charge in [0.1, 0.15) is 22.9 Å². The number of pyridine rings is 1. The fraction of sp³-hybridized carbons (Fsp3) is 0.174. The lowest BCUT2D eigenvalue weighted by molar-refractivity contribution is -0.0500. The minimum absolute atomic E-state index is 0.0983. The Morgan fingerprint density at radius 3 is 2.19 bits per heavy atom. The number of ether oxygens (including phenoxy) is 1. The Balaban J connectivity index is 1.50. The summed E-state index contributed by atoms with van der Waals surface area (Å²) in [4.78, 5) is 27.9. The molecule has 3 rings (SSSR count). The van der Waals surface area contributed by atoms with E-state index in [9.17, 15) is 31.2 Å². The number of nitrogens with one attached hydrogen (secondary N) is 2. The molecule has 0 radical (unpaired) electrons. The molecule has 13 heteroatoms. The van der Waals surface area contributed by atoms with Crippen molar-refractivity contribution in [1.29, 1.82) is 0 Å². The molecule has 1 heterocycles. The molecule has 0 atom stereocenters. The molecular formula is C23H20F3N3O6S. The number of carbonyl (C=O) groups is 2. The second-order valence-corrected chi connectivity index (χ2v) is 8.75. The maximum Gasteiger partial charge on any atom is 0.534 e. The van der Waals surface area contributed by atoms with Crippen LogP contribution in [-0.2, 0) is 16.7 Å². The van der Waals surface area contributed by atoms with Gasteiger partial charge in [-0.1, -0.05) is 19.1 Å². The van der Waals surface area contributed by atoms with Gasteiger partial charge in [-0.2, -0.15) is 21.6 Å². The average molecular weight is 523 g/mol. The van der Waals surface area contributed by atoms with Crippen molar-refractivity contribution in [1.82, 2.24) is 10.3 Å². The molecule has 0 fully saturated rings. The minimum atomic E-state index is -5.78. The van der Waals surface area contributed by atoms with E-state index < -0.39 is 27.4 Å². The van der Waals surface area contributed by atoms with Crippen LogP contribution in [0.15, 0.2) is 66.9 Å². The number of Topliss-reactive ketones (excluding diaryl/α,β-unsaturated/α-hetero) is 1. The number of halogens is 3. The molecule has 2 aromatic carbocycles. The van der Waals surface area contributed by atoms with Crippen molar-refractivity contribution < 1.29 is 40.1 Å². The predicted molar refractivity (Wildman–Crippen MR) is 123 cm³/mol. The number of amides is 2. The molecule has 0 unspecified atom stereocenters. The van der Waals surface area contributed by atoms with Crippen LogP contribution in [0, 0.1) is 0 Å². The minimum Gasteiger partial charge on any atom is -0.457 e. The Kier molecular flexibility index (Phi) is 8.14. The highest BCUT2D eigenvalue weighted by atomic mass is 32.2. The summed E-state index contributed by atoms with van der Waals surface area (Å²) in [5, 5.41) is 5.06. The molecule has 36 heavy (non-hydrogen) atoms. The number of carbonyl (C=O) groups excluding carboxylic acids is 2. The van der Waals surface area contributed by atoms with E-state index in [2.05, 4.69) is 19.8 Å². The average Bonchev–Trinajstić information content (AvgIpc) is 2.83. The third kappa shape index (κ3) is 7.18. The summed E-state index contributed by atoms with van der Waals surface area (Å²) >= 11 is 0.